The fourth-order valence-corrected chi connectivity index (χ4v) is 4.79. The van der Waals surface area contributed by atoms with E-state index in [4.69, 9.17) is 0 Å². The number of rotatable bonds is 6. The van der Waals surface area contributed by atoms with Crippen molar-refractivity contribution in [3.63, 3.8) is 0 Å². The number of sulfonamides is 1. The molecule has 0 N–H and O–H groups in total. The van der Waals surface area contributed by atoms with E-state index in [0.717, 1.165) is 35.0 Å². The number of hydrogen-bond acceptors (Lipinski definition) is 5. The number of aromatic nitrogens is 1. The van der Waals surface area contributed by atoms with Crippen molar-refractivity contribution >= 4 is 33.8 Å². The summed E-state index contributed by atoms with van der Waals surface area (Å²) < 4.78 is 64.0. The molecule has 1 saturated heterocycles. The summed E-state index contributed by atoms with van der Waals surface area (Å²) in [5.41, 5.74) is -0.0735. The van der Waals surface area contributed by atoms with E-state index in [1.807, 2.05) is 18.2 Å². The van der Waals surface area contributed by atoms with Crippen molar-refractivity contribution in [2.45, 2.75) is 11.2 Å². The summed E-state index contributed by atoms with van der Waals surface area (Å²) in [6.07, 6.45) is -2.19. The van der Waals surface area contributed by atoms with Gasteiger partial charge in [0, 0.05) is 37.8 Å². The minimum Gasteiger partial charge on any atom is -0.339 e. The maximum Gasteiger partial charge on any atom is 0.417 e. The number of carbonyl (C=O) groups excluding carboxylic acids is 1. The van der Waals surface area contributed by atoms with Crippen LogP contribution in [0.5, 0.6) is 0 Å². The Hall–Kier alpha value is -2.37. The third-order valence-corrected chi connectivity index (χ3v) is 7.08. The van der Waals surface area contributed by atoms with Crippen molar-refractivity contribution in [3.8, 4) is 0 Å². The molecule has 0 radical (unpaired) electrons. The summed E-state index contributed by atoms with van der Waals surface area (Å²) in [5.74, 6) is -0.206. The zero-order chi connectivity index (χ0) is 22.5. The Balaban J connectivity index is 1.48. The topological polar surface area (TPSA) is 70.6 Å². The molecular formula is C20H20F3N3O3S2. The van der Waals surface area contributed by atoms with Gasteiger partial charge < -0.3 is 4.90 Å². The maximum absolute atomic E-state index is 12.6. The molecule has 1 amide bonds. The van der Waals surface area contributed by atoms with Gasteiger partial charge in [0.05, 0.1) is 16.3 Å². The van der Waals surface area contributed by atoms with Crippen LogP contribution in [-0.2, 0) is 21.0 Å². The first kappa shape index (κ1) is 23.3. The van der Waals surface area contributed by atoms with Gasteiger partial charge in [-0.15, -0.1) is 0 Å². The molecule has 0 saturated carbocycles. The lowest BCUT2D eigenvalue weighted by Crippen LogP contribution is -2.50. The third-order valence-electron chi connectivity index (χ3n) is 4.59. The molecule has 31 heavy (non-hydrogen) atoms. The van der Waals surface area contributed by atoms with Gasteiger partial charge in [-0.3, -0.25) is 4.79 Å². The van der Waals surface area contributed by atoms with Gasteiger partial charge >= 0.3 is 6.18 Å². The summed E-state index contributed by atoms with van der Waals surface area (Å²) in [4.78, 5) is 17.7. The van der Waals surface area contributed by atoms with Crippen LogP contribution in [-0.4, -0.2) is 60.4 Å². The summed E-state index contributed by atoms with van der Waals surface area (Å²) in [6, 6.07) is 11.2. The highest BCUT2D eigenvalue weighted by molar-refractivity contribution is 7.99. The largest absolute Gasteiger partial charge is 0.417 e. The number of amides is 1. The van der Waals surface area contributed by atoms with Crippen molar-refractivity contribution in [3.05, 3.63) is 65.2 Å². The first-order valence-electron chi connectivity index (χ1n) is 9.32. The Bertz CT molecular complexity index is 1020. The number of pyridine rings is 1. The van der Waals surface area contributed by atoms with E-state index >= 15 is 0 Å². The standard InChI is InChI=1S/C20H20F3N3O3S2/c21-20(22,23)17-6-7-18(24-14-17)30-15-19(27)25-9-11-26(12-10-25)31(28,29)13-8-16-4-2-1-3-5-16/h1-8,13-14H,9-12,15H2/b13-8-. The summed E-state index contributed by atoms with van der Waals surface area (Å²) in [6.45, 7) is 0.850. The lowest BCUT2D eigenvalue weighted by Gasteiger charge is -2.33. The second-order valence-electron chi connectivity index (χ2n) is 6.71. The van der Waals surface area contributed by atoms with E-state index in [2.05, 4.69) is 4.98 Å². The predicted octanol–water partition coefficient (Wildman–Crippen LogP) is 3.34. The van der Waals surface area contributed by atoms with Crippen LogP contribution in [0.2, 0.25) is 0 Å². The smallest absolute Gasteiger partial charge is 0.339 e. The van der Waals surface area contributed by atoms with E-state index in [-0.39, 0.29) is 37.8 Å². The molecule has 1 aliphatic rings. The average molecular weight is 472 g/mol. The second-order valence-corrected chi connectivity index (χ2v) is 9.52. The SMILES string of the molecule is O=C(CSc1ccc(C(F)(F)F)cn1)N1CCN(S(=O)(=O)/C=C\c2ccccc2)CC1. The minimum atomic E-state index is -4.46. The average Bonchev–Trinajstić information content (AvgIpc) is 2.76. The van der Waals surface area contributed by atoms with E-state index in [9.17, 15) is 26.4 Å². The first-order valence-corrected chi connectivity index (χ1v) is 11.8. The highest BCUT2D eigenvalue weighted by atomic mass is 32.2. The maximum atomic E-state index is 12.6. The Labute approximate surface area is 182 Å². The fraction of sp³-hybridized carbons (Fsp3) is 0.300. The summed E-state index contributed by atoms with van der Waals surface area (Å²) in [7, 11) is -3.59. The van der Waals surface area contributed by atoms with Gasteiger partial charge in [0.15, 0.2) is 0 Å². The Kier molecular flexibility index (Phi) is 7.39. The molecule has 1 aromatic carbocycles. The predicted molar refractivity (Wildman–Crippen MR) is 113 cm³/mol. The van der Waals surface area contributed by atoms with Gasteiger partial charge in [-0.25, -0.2) is 13.4 Å². The lowest BCUT2D eigenvalue weighted by atomic mass is 10.2. The van der Waals surface area contributed by atoms with Gasteiger partial charge in [-0.1, -0.05) is 42.1 Å². The lowest BCUT2D eigenvalue weighted by molar-refractivity contribution is -0.138. The molecular weight excluding hydrogens is 451 g/mol. The highest BCUT2D eigenvalue weighted by Gasteiger charge is 2.31. The van der Waals surface area contributed by atoms with Crippen molar-refractivity contribution in [1.29, 1.82) is 0 Å². The molecule has 1 fully saturated rings. The third kappa shape index (κ3) is 6.55. The van der Waals surface area contributed by atoms with E-state index in [1.165, 1.54) is 16.4 Å². The zero-order valence-corrected chi connectivity index (χ0v) is 18.0. The number of benzene rings is 1. The van der Waals surface area contributed by atoms with Crippen LogP contribution in [0, 0.1) is 0 Å². The van der Waals surface area contributed by atoms with Gasteiger partial charge in [-0.05, 0) is 23.8 Å². The van der Waals surface area contributed by atoms with Crippen molar-refractivity contribution in [2.24, 2.45) is 0 Å². The number of alkyl halides is 3. The molecule has 2 aromatic rings. The van der Waals surface area contributed by atoms with Gasteiger partial charge in [0.1, 0.15) is 0 Å². The molecule has 2 heterocycles. The van der Waals surface area contributed by atoms with Crippen LogP contribution in [0.4, 0.5) is 13.2 Å². The molecule has 0 bridgehead atoms. The molecule has 0 aliphatic carbocycles. The molecule has 11 heteroatoms. The van der Waals surface area contributed by atoms with Gasteiger partial charge in [-0.2, -0.15) is 17.5 Å². The molecule has 6 nitrogen and oxygen atoms in total. The first-order chi connectivity index (χ1) is 14.6. The molecule has 1 aliphatic heterocycles. The van der Waals surface area contributed by atoms with Gasteiger partial charge in [0.25, 0.3) is 0 Å². The van der Waals surface area contributed by atoms with E-state index < -0.39 is 21.8 Å². The van der Waals surface area contributed by atoms with Crippen LogP contribution >= 0.6 is 11.8 Å². The summed E-state index contributed by atoms with van der Waals surface area (Å²) in [5, 5.41) is 1.47. The number of nitrogens with zero attached hydrogens (tertiary/aromatic N) is 3. The monoisotopic (exact) mass is 471 g/mol. The number of piperazine rings is 1. The van der Waals surface area contributed by atoms with Crippen molar-refractivity contribution in [2.75, 3.05) is 31.9 Å². The van der Waals surface area contributed by atoms with Crippen LogP contribution < -0.4 is 0 Å². The Morgan fingerprint density at radius 2 is 1.74 bits per heavy atom. The fourth-order valence-electron chi connectivity index (χ4n) is 2.87. The Morgan fingerprint density at radius 3 is 2.32 bits per heavy atom. The van der Waals surface area contributed by atoms with Crippen molar-refractivity contribution < 1.29 is 26.4 Å². The van der Waals surface area contributed by atoms with E-state index in [1.54, 1.807) is 17.0 Å². The zero-order valence-electron chi connectivity index (χ0n) is 16.3. The molecule has 0 atom stereocenters. The molecule has 0 spiro atoms. The van der Waals surface area contributed by atoms with Crippen LogP contribution in [0.1, 0.15) is 11.1 Å². The van der Waals surface area contributed by atoms with Crippen LogP contribution in [0.25, 0.3) is 6.08 Å². The second kappa shape index (κ2) is 9.84. The Morgan fingerprint density at radius 1 is 1.06 bits per heavy atom. The van der Waals surface area contributed by atoms with Crippen LogP contribution in [0.3, 0.4) is 0 Å². The normalized spacial score (nSPS) is 16.0. The number of thioether (sulfide) groups is 1. The number of halogens is 3. The quantitative estimate of drug-likeness (QED) is 0.605. The molecule has 3 rings (SSSR count). The molecule has 1 aromatic heterocycles. The van der Waals surface area contributed by atoms with Crippen molar-refractivity contribution in [1.82, 2.24) is 14.2 Å². The molecule has 0 unspecified atom stereocenters. The summed E-state index contributed by atoms with van der Waals surface area (Å²) >= 11 is 1.04. The van der Waals surface area contributed by atoms with E-state index in [0.29, 0.717) is 5.03 Å². The van der Waals surface area contributed by atoms with Crippen LogP contribution in [0.15, 0.2) is 59.1 Å². The highest BCUT2D eigenvalue weighted by Crippen LogP contribution is 2.29. The number of carbonyl (C=O) groups is 1. The minimum absolute atomic E-state index is 0.0129. The molecule has 166 valence electrons. The number of hydrogen-bond donors (Lipinski definition) is 0. The van der Waals surface area contributed by atoms with Gasteiger partial charge in [0.2, 0.25) is 15.9 Å².